The normalized spacial score (nSPS) is 17.9. The zero-order valence-corrected chi connectivity index (χ0v) is 14.8. The Bertz CT molecular complexity index is 817. The molecule has 4 rings (SSSR count). The topological polar surface area (TPSA) is 60.2 Å². The molecule has 0 radical (unpaired) electrons. The average molecular weight is 352 g/mol. The molecule has 2 aromatic rings. The van der Waals surface area contributed by atoms with Crippen molar-refractivity contribution in [3.63, 3.8) is 0 Å². The number of fused-ring (bicyclic) bond motifs is 1. The van der Waals surface area contributed by atoms with Crippen molar-refractivity contribution < 1.29 is 4.79 Å². The first-order valence-electron chi connectivity index (χ1n) is 8.70. The van der Waals surface area contributed by atoms with Crippen LogP contribution in [0.4, 0.5) is 5.82 Å². The van der Waals surface area contributed by atoms with Crippen molar-refractivity contribution in [3.05, 3.63) is 45.8 Å². The van der Waals surface area contributed by atoms with Gasteiger partial charge in [-0.3, -0.25) is 4.79 Å². The highest BCUT2D eigenvalue weighted by molar-refractivity contribution is 7.10. The fraction of sp³-hybridized carbons (Fsp3) is 0.421. The lowest BCUT2D eigenvalue weighted by Crippen LogP contribution is -2.44. The predicted molar refractivity (Wildman–Crippen MR) is 97.3 cm³/mol. The highest BCUT2D eigenvalue weighted by atomic mass is 32.1. The number of nitriles is 1. The fourth-order valence-corrected chi connectivity index (χ4v) is 4.66. The first-order chi connectivity index (χ1) is 12.3. The third-order valence-electron chi connectivity index (χ3n) is 5.17. The van der Waals surface area contributed by atoms with Crippen LogP contribution in [0.2, 0.25) is 0 Å². The van der Waals surface area contributed by atoms with Gasteiger partial charge in [0, 0.05) is 43.2 Å². The zero-order valence-electron chi connectivity index (χ0n) is 14.0. The smallest absolute Gasteiger partial charge is 0.226 e. The molecule has 1 amide bonds. The summed E-state index contributed by atoms with van der Waals surface area (Å²) in [6.45, 7) is 3.15. The van der Waals surface area contributed by atoms with Crippen LogP contribution >= 0.6 is 11.3 Å². The number of nitrogens with zero attached hydrogens (tertiary/aromatic N) is 4. The van der Waals surface area contributed by atoms with E-state index in [1.54, 1.807) is 29.7 Å². The SMILES string of the molecule is N#Cc1cccnc1N1CCC(C(=O)N2CCc3sccc3C2)CC1. The lowest BCUT2D eigenvalue weighted by atomic mass is 9.94. The Morgan fingerprint density at radius 1 is 1.28 bits per heavy atom. The van der Waals surface area contributed by atoms with E-state index in [1.165, 1.54) is 10.4 Å². The van der Waals surface area contributed by atoms with Crippen molar-refractivity contribution >= 4 is 23.1 Å². The summed E-state index contributed by atoms with van der Waals surface area (Å²) in [6, 6.07) is 7.93. The van der Waals surface area contributed by atoms with Crippen molar-refractivity contribution in [2.45, 2.75) is 25.8 Å². The number of pyridine rings is 1. The van der Waals surface area contributed by atoms with Crippen molar-refractivity contribution in [2.75, 3.05) is 24.5 Å². The molecule has 0 aliphatic carbocycles. The van der Waals surface area contributed by atoms with Gasteiger partial charge in [-0.2, -0.15) is 5.26 Å². The molecule has 0 saturated carbocycles. The van der Waals surface area contributed by atoms with Crippen molar-refractivity contribution in [1.29, 1.82) is 5.26 Å². The molecule has 2 aliphatic heterocycles. The highest BCUT2D eigenvalue weighted by Crippen LogP contribution is 2.29. The molecule has 0 unspecified atom stereocenters. The van der Waals surface area contributed by atoms with Gasteiger partial charge in [0.2, 0.25) is 5.91 Å². The molecule has 0 spiro atoms. The molecule has 1 fully saturated rings. The number of piperidine rings is 1. The van der Waals surface area contributed by atoms with Gasteiger partial charge in [0.15, 0.2) is 0 Å². The summed E-state index contributed by atoms with van der Waals surface area (Å²) in [4.78, 5) is 22.8. The minimum Gasteiger partial charge on any atom is -0.355 e. The van der Waals surface area contributed by atoms with Crippen LogP contribution in [-0.4, -0.2) is 35.4 Å². The molecular formula is C19H20N4OS. The van der Waals surface area contributed by atoms with E-state index in [4.69, 9.17) is 0 Å². The Balaban J connectivity index is 1.39. The number of carbonyl (C=O) groups is 1. The van der Waals surface area contributed by atoms with Gasteiger partial charge in [0.25, 0.3) is 0 Å². The van der Waals surface area contributed by atoms with Gasteiger partial charge in [-0.1, -0.05) is 0 Å². The average Bonchev–Trinajstić information content (AvgIpc) is 3.15. The lowest BCUT2D eigenvalue weighted by Gasteiger charge is -2.36. The van der Waals surface area contributed by atoms with Crippen LogP contribution in [0.5, 0.6) is 0 Å². The summed E-state index contributed by atoms with van der Waals surface area (Å²) in [6.07, 6.45) is 4.36. The maximum Gasteiger partial charge on any atom is 0.226 e. The van der Waals surface area contributed by atoms with Gasteiger partial charge in [-0.15, -0.1) is 11.3 Å². The van der Waals surface area contributed by atoms with Crippen LogP contribution in [0.25, 0.3) is 0 Å². The molecule has 25 heavy (non-hydrogen) atoms. The third-order valence-corrected chi connectivity index (χ3v) is 6.19. The Morgan fingerprint density at radius 3 is 2.92 bits per heavy atom. The van der Waals surface area contributed by atoms with Gasteiger partial charge in [-0.05, 0) is 48.4 Å². The number of carbonyl (C=O) groups excluding carboxylic acids is 1. The summed E-state index contributed by atoms with van der Waals surface area (Å²) in [5.41, 5.74) is 1.92. The summed E-state index contributed by atoms with van der Waals surface area (Å²) in [5.74, 6) is 1.13. The van der Waals surface area contributed by atoms with E-state index in [0.29, 0.717) is 5.56 Å². The molecule has 0 atom stereocenters. The van der Waals surface area contributed by atoms with Gasteiger partial charge in [0.05, 0.1) is 5.56 Å². The maximum absolute atomic E-state index is 12.9. The Kier molecular flexibility index (Phi) is 4.41. The molecule has 0 N–H and O–H groups in total. The molecule has 0 aromatic carbocycles. The monoisotopic (exact) mass is 352 g/mol. The number of anilines is 1. The minimum absolute atomic E-state index is 0.0886. The molecular weight excluding hydrogens is 332 g/mol. The summed E-state index contributed by atoms with van der Waals surface area (Å²) < 4.78 is 0. The second kappa shape index (κ2) is 6.85. The lowest BCUT2D eigenvalue weighted by molar-refractivity contribution is -0.137. The Hall–Kier alpha value is -2.39. The second-order valence-electron chi connectivity index (χ2n) is 6.63. The molecule has 1 saturated heterocycles. The van der Waals surface area contributed by atoms with E-state index in [9.17, 15) is 10.1 Å². The molecule has 128 valence electrons. The largest absolute Gasteiger partial charge is 0.355 e. The first kappa shape index (κ1) is 16.1. The fourth-order valence-electron chi connectivity index (χ4n) is 3.77. The number of hydrogen-bond donors (Lipinski definition) is 0. The maximum atomic E-state index is 12.9. The predicted octanol–water partition coefficient (Wildman–Crippen LogP) is 2.82. The first-order valence-corrected chi connectivity index (χ1v) is 9.58. The van der Waals surface area contributed by atoms with Crippen molar-refractivity contribution in [1.82, 2.24) is 9.88 Å². The van der Waals surface area contributed by atoms with E-state index in [2.05, 4.69) is 27.4 Å². The Morgan fingerprint density at radius 2 is 2.12 bits per heavy atom. The molecule has 0 bridgehead atoms. The molecule has 6 heteroatoms. The highest BCUT2D eigenvalue weighted by Gasteiger charge is 2.31. The van der Waals surface area contributed by atoms with E-state index in [-0.39, 0.29) is 11.8 Å². The Labute approximate surface area is 151 Å². The van der Waals surface area contributed by atoms with Crippen LogP contribution in [-0.2, 0) is 17.8 Å². The number of amides is 1. The van der Waals surface area contributed by atoms with Crippen molar-refractivity contribution in [2.24, 2.45) is 5.92 Å². The minimum atomic E-state index is 0.0886. The van der Waals surface area contributed by atoms with E-state index in [1.807, 2.05) is 4.90 Å². The summed E-state index contributed by atoms with van der Waals surface area (Å²) >= 11 is 1.80. The number of rotatable bonds is 2. The standard InChI is InChI=1S/C19H20N4OS/c20-12-15-2-1-7-21-18(15)22-8-3-14(4-9-22)19(24)23-10-5-17-16(13-23)6-11-25-17/h1-2,6-7,11,14H,3-5,8-10,13H2. The number of thiophene rings is 1. The van der Waals surface area contributed by atoms with Crippen molar-refractivity contribution in [3.8, 4) is 6.07 Å². The van der Waals surface area contributed by atoms with Crippen LogP contribution in [0, 0.1) is 17.2 Å². The summed E-state index contributed by atoms with van der Waals surface area (Å²) in [5, 5.41) is 11.4. The van der Waals surface area contributed by atoms with E-state index in [0.717, 1.165) is 51.3 Å². The zero-order chi connectivity index (χ0) is 17.2. The van der Waals surface area contributed by atoms with Crippen LogP contribution in [0.3, 0.4) is 0 Å². The third kappa shape index (κ3) is 3.12. The van der Waals surface area contributed by atoms with Gasteiger partial charge < -0.3 is 9.80 Å². The van der Waals surface area contributed by atoms with E-state index >= 15 is 0 Å². The summed E-state index contributed by atoms with van der Waals surface area (Å²) in [7, 11) is 0. The van der Waals surface area contributed by atoms with Gasteiger partial charge in [0.1, 0.15) is 11.9 Å². The molecule has 4 heterocycles. The van der Waals surface area contributed by atoms with Gasteiger partial charge >= 0.3 is 0 Å². The van der Waals surface area contributed by atoms with Gasteiger partial charge in [-0.25, -0.2) is 4.98 Å². The molecule has 2 aromatic heterocycles. The number of hydrogen-bond acceptors (Lipinski definition) is 5. The molecule has 2 aliphatic rings. The number of aromatic nitrogens is 1. The van der Waals surface area contributed by atoms with Crippen LogP contribution in [0.15, 0.2) is 29.8 Å². The van der Waals surface area contributed by atoms with Crippen LogP contribution < -0.4 is 4.90 Å². The van der Waals surface area contributed by atoms with E-state index < -0.39 is 0 Å². The second-order valence-corrected chi connectivity index (χ2v) is 7.63. The van der Waals surface area contributed by atoms with Crippen LogP contribution in [0.1, 0.15) is 28.8 Å². The quantitative estimate of drug-likeness (QED) is 0.834. The molecule has 5 nitrogen and oxygen atoms in total.